The molecule has 1 fully saturated rings. The molecule has 0 amide bonds. The highest BCUT2D eigenvalue weighted by molar-refractivity contribution is 5.31. The minimum atomic E-state index is 0.631. The van der Waals surface area contributed by atoms with E-state index >= 15 is 0 Å². The molecule has 2 rings (SSSR count). The van der Waals surface area contributed by atoms with E-state index in [1.165, 1.54) is 44.2 Å². The second-order valence-corrected chi connectivity index (χ2v) is 5.00. The molecule has 3 heteroatoms. The van der Waals surface area contributed by atoms with Gasteiger partial charge in [0, 0.05) is 18.8 Å². The molecule has 0 saturated carbocycles. The van der Waals surface area contributed by atoms with Gasteiger partial charge in [0.2, 0.25) is 0 Å². The lowest BCUT2D eigenvalue weighted by atomic mass is 9.97. The number of rotatable bonds is 4. The third-order valence-corrected chi connectivity index (χ3v) is 3.60. The summed E-state index contributed by atoms with van der Waals surface area (Å²) in [7, 11) is 0. The fourth-order valence-corrected chi connectivity index (χ4v) is 2.76. The van der Waals surface area contributed by atoms with Crippen LogP contribution in [0.2, 0.25) is 0 Å². The van der Waals surface area contributed by atoms with Gasteiger partial charge in [0.1, 0.15) is 5.82 Å². The topological polar surface area (TPSA) is 42.2 Å². The molecule has 1 atom stereocenters. The van der Waals surface area contributed by atoms with Crippen molar-refractivity contribution in [3.05, 3.63) is 23.9 Å². The van der Waals surface area contributed by atoms with Crippen LogP contribution < -0.4 is 5.73 Å². The average Bonchev–Trinajstić information content (AvgIpc) is 2.32. The first-order valence-corrected chi connectivity index (χ1v) is 6.74. The van der Waals surface area contributed by atoms with Gasteiger partial charge in [-0.25, -0.2) is 4.98 Å². The van der Waals surface area contributed by atoms with E-state index in [2.05, 4.69) is 22.9 Å². The van der Waals surface area contributed by atoms with E-state index in [-0.39, 0.29) is 0 Å². The Morgan fingerprint density at radius 2 is 2.35 bits per heavy atom. The first-order valence-electron chi connectivity index (χ1n) is 6.74. The normalized spacial score (nSPS) is 21.6. The summed E-state index contributed by atoms with van der Waals surface area (Å²) in [4.78, 5) is 6.66. The number of nitrogen functional groups attached to an aromatic ring is 1. The highest BCUT2D eigenvalue weighted by Crippen LogP contribution is 2.23. The zero-order valence-corrected chi connectivity index (χ0v) is 10.7. The Kier molecular flexibility index (Phi) is 4.37. The molecule has 1 aromatic heterocycles. The molecule has 0 bridgehead atoms. The van der Waals surface area contributed by atoms with Gasteiger partial charge in [0.15, 0.2) is 0 Å². The summed E-state index contributed by atoms with van der Waals surface area (Å²) in [6.07, 6.45) is 8.48. The predicted octanol–water partition coefficient (Wildman–Crippen LogP) is 2.82. The van der Waals surface area contributed by atoms with Gasteiger partial charge in [0.25, 0.3) is 0 Å². The highest BCUT2D eigenvalue weighted by atomic mass is 15.2. The summed E-state index contributed by atoms with van der Waals surface area (Å²) in [6.45, 7) is 4.53. The van der Waals surface area contributed by atoms with E-state index in [9.17, 15) is 0 Å². The number of piperidine rings is 1. The van der Waals surface area contributed by atoms with Crippen LogP contribution >= 0.6 is 0 Å². The molecule has 0 radical (unpaired) electrons. The Balaban J connectivity index is 2.00. The summed E-state index contributed by atoms with van der Waals surface area (Å²) in [5.74, 6) is 0.631. The number of nitrogens with zero attached hydrogens (tertiary/aromatic N) is 2. The number of hydrogen-bond acceptors (Lipinski definition) is 3. The number of pyridine rings is 1. The maximum absolute atomic E-state index is 5.73. The van der Waals surface area contributed by atoms with Crippen molar-refractivity contribution in [2.75, 3.05) is 12.3 Å². The minimum absolute atomic E-state index is 0.631. The molecule has 2 heterocycles. The van der Waals surface area contributed by atoms with Crippen molar-refractivity contribution in [1.29, 1.82) is 0 Å². The molecule has 1 saturated heterocycles. The number of aromatic nitrogens is 1. The molecular weight excluding hydrogens is 210 g/mol. The smallest absolute Gasteiger partial charge is 0.123 e. The predicted molar refractivity (Wildman–Crippen MR) is 71.6 cm³/mol. The molecule has 3 nitrogen and oxygen atoms in total. The summed E-state index contributed by atoms with van der Waals surface area (Å²) < 4.78 is 0. The maximum atomic E-state index is 5.73. The Morgan fingerprint density at radius 3 is 3.12 bits per heavy atom. The van der Waals surface area contributed by atoms with Gasteiger partial charge >= 0.3 is 0 Å². The van der Waals surface area contributed by atoms with E-state index in [1.807, 2.05) is 12.3 Å². The van der Waals surface area contributed by atoms with Crippen LogP contribution in [0, 0.1) is 0 Å². The van der Waals surface area contributed by atoms with E-state index in [4.69, 9.17) is 5.73 Å². The third kappa shape index (κ3) is 3.43. The van der Waals surface area contributed by atoms with Gasteiger partial charge < -0.3 is 5.73 Å². The fraction of sp³-hybridized carbons (Fsp3) is 0.643. The van der Waals surface area contributed by atoms with Crippen LogP contribution in [-0.2, 0) is 6.54 Å². The zero-order chi connectivity index (χ0) is 12.1. The van der Waals surface area contributed by atoms with Crippen molar-refractivity contribution in [3.63, 3.8) is 0 Å². The van der Waals surface area contributed by atoms with Crippen molar-refractivity contribution < 1.29 is 0 Å². The Hall–Kier alpha value is -1.09. The van der Waals surface area contributed by atoms with Gasteiger partial charge in [0.05, 0.1) is 0 Å². The molecule has 0 aliphatic carbocycles. The molecule has 0 spiro atoms. The van der Waals surface area contributed by atoms with Crippen molar-refractivity contribution in [2.45, 2.75) is 51.6 Å². The molecule has 94 valence electrons. The summed E-state index contributed by atoms with van der Waals surface area (Å²) >= 11 is 0. The second kappa shape index (κ2) is 6.01. The SMILES string of the molecule is CCCC1CCCCN1Cc1ccnc(N)c1. The van der Waals surface area contributed by atoms with Crippen LogP contribution in [0.15, 0.2) is 18.3 Å². The maximum Gasteiger partial charge on any atom is 0.123 e. The fourth-order valence-electron chi connectivity index (χ4n) is 2.76. The molecule has 17 heavy (non-hydrogen) atoms. The minimum Gasteiger partial charge on any atom is -0.384 e. The largest absolute Gasteiger partial charge is 0.384 e. The van der Waals surface area contributed by atoms with Gasteiger partial charge in [-0.3, -0.25) is 4.90 Å². The molecule has 1 aromatic rings. The zero-order valence-electron chi connectivity index (χ0n) is 10.7. The third-order valence-electron chi connectivity index (χ3n) is 3.60. The molecular formula is C14H23N3. The lowest BCUT2D eigenvalue weighted by Gasteiger charge is -2.35. The molecule has 1 unspecified atom stereocenters. The lowest BCUT2D eigenvalue weighted by molar-refractivity contribution is 0.131. The van der Waals surface area contributed by atoms with E-state index in [0.717, 1.165) is 12.6 Å². The van der Waals surface area contributed by atoms with Crippen LogP contribution in [0.5, 0.6) is 0 Å². The Labute approximate surface area is 104 Å². The summed E-state index contributed by atoms with van der Waals surface area (Å²) in [5.41, 5.74) is 7.02. The van der Waals surface area contributed by atoms with Crippen LogP contribution in [-0.4, -0.2) is 22.5 Å². The summed E-state index contributed by atoms with van der Waals surface area (Å²) in [6, 6.07) is 4.84. The number of hydrogen-bond donors (Lipinski definition) is 1. The van der Waals surface area contributed by atoms with E-state index in [0.29, 0.717) is 5.82 Å². The van der Waals surface area contributed by atoms with Crippen LogP contribution in [0.4, 0.5) is 5.82 Å². The Bertz CT molecular complexity index is 349. The van der Waals surface area contributed by atoms with Crippen LogP contribution in [0.1, 0.15) is 44.6 Å². The van der Waals surface area contributed by atoms with Gasteiger partial charge in [-0.1, -0.05) is 19.8 Å². The Morgan fingerprint density at radius 1 is 1.47 bits per heavy atom. The average molecular weight is 233 g/mol. The van der Waals surface area contributed by atoms with E-state index < -0.39 is 0 Å². The van der Waals surface area contributed by atoms with E-state index in [1.54, 1.807) is 0 Å². The van der Waals surface area contributed by atoms with Crippen LogP contribution in [0.3, 0.4) is 0 Å². The second-order valence-electron chi connectivity index (χ2n) is 5.00. The molecule has 1 aliphatic heterocycles. The molecule has 1 aliphatic rings. The van der Waals surface area contributed by atoms with Crippen molar-refractivity contribution >= 4 is 5.82 Å². The lowest BCUT2D eigenvalue weighted by Crippen LogP contribution is -2.38. The van der Waals surface area contributed by atoms with Crippen molar-refractivity contribution in [2.24, 2.45) is 0 Å². The quantitative estimate of drug-likeness (QED) is 0.869. The number of nitrogens with two attached hydrogens (primary N) is 1. The van der Waals surface area contributed by atoms with Gasteiger partial charge in [-0.05, 0) is 43.5 Å². The first kappa shape index (κ1) is 12.4. The van der Waals surface area contributed by atoms with Gasteiger partial charge in [-0.2, -0.15) is 0 Å². The van der Waals surface area contributed by atoms with Crippen LogP contribution in [0.25, 0.3) is 0 Å². The first-order chi connectivity index (χ1) is 8.29. The molecule has 2 N–H and O–H groups in total. The van der Waals surface area contributed by atoms with Gasteiger partial charge in [-0.15, -0.1) is 0 Å². The van der Waals surface area contributed by atoms with Crippen molar-refractivity contribution in [1.82, 2.24) is 9.88 Å². The molecule has 0 aromatic carbocycles. The monoisotopic (exact) mass is 233 g/mol. The number of likely N-dealkylation sites (tertiary alicyclic amines) is 1. The highest BCUT2D eigenvalue weighted by Gasteiger charge is 2.21. The van der Waals surface area contributed by atoms with Crippen molar-refractivity contribution in [3.8, 4) is 0 Å². The summed E-state index contributed by atoms with van der Waals surface area (Å²) in [5, 5.41) is 0. The standard InChI is InChI=1S/C14H23N3/c1-2-5-13-6-3-4-9-17(13)11-12-7-8-16-14(15)10-12/h7-8,10,13H,2-6,9,11H2,1H3,(H2,15,16). The number of anilines is 1.